The van der Waals surface area contributed by atoms with Crippen molar-refractivity contribution in [3.8, 4) is 0 Å². The molecular weight excluding hydrogens is 881 g/mol. The first kappa shape index (κ1) is 55.9. The van der Waals surface area contributed by atoms with E-state index in [9.17, 15) is 53.4 Å². The smallest absolute Gasteiger partial charge is 0.328 e. The Bertz CT molecular complexity index is 2040. The van der Waals surface area contributed by atoms with Gasteiger partial charge < -0.3 is 57.5 Å². The van der Waals surface area contributed by atoms with E-state index in [1.807, 2.05) is 19.9 Å². The van der Waals surface area contributed by atoms with E-state index < -0.39 is 120 Å². The molecule has 20 nitrogen and oxygen atoms in total. The number of likely N-dealkylation sites (tertiary alicyclic amines) is 1. The fraction of sp³-hybridized carbons (Fsp3) is 0.562. The van der Waals surface area contributed by atoms with Crippen LogP contribution in [0.3, 0.4) is 0 Å². The Hall–Kier alpha value is -6.41. The fourth-order valence-corrected chi connectivity index (χ4v) is 7.69. The lowest BCUT2D eigenvalue weighted by atomic mass is 9.97. The van der Waals surface area contributed by atoms with Crippen LogP contribution in [0.5, 0.6) is 0 Å². The lowest BCUT2D eigenvalue weighted by Crippen LogP contribution is -2.58. The van der Waals surface area contributed by atoms with Crippen molar-refractivity contribution in [1.82, 2.24) is 36.8 Å². The normalized spacial score (nSPS) is 17.0. The van der Waals surface area contributed by atoms with Crippen LogP contribution in [-0.2, 0) is 60.7 Å². The molecule has 0 aromatic heterocycles. The highest BCUT2D eigenvalue weighted by Crippen LogP contribution is 2.21. The van der Waals surface area contributed by atoms with Crippen LogP contribution in [0.4, 0.5) is 0 Å². The molecule has 1 saturated heterocycles. The van der Waals surface area contributed by atoms with Crippen molar-refractivity contribution >= 4 is 53.2 Å². The van der Waals surface area contributed by atoms with Gasteiger partial charge in [0.2, 0.25) is 47.3 Å². The number of aliphatic hydroxyl groups is 2. The number of primary amides is 1. The maximum absolute atomic E-state index is 13.9. The molecule has 2 aromatic carbocycles. The Balaban J connectivity index is 1.78. The molecule has 2 aromatic rings. The number of ether oxygens (including phenoxy) is 1. The quantitative estimate of drug-likeness (QED) is 0.0548. The summed E-state index contributed by atoms with van der Waals surface area (Å²) in [6.45, 7) is 9.86. The second kappa shape index (κ2) is 27.4. The van der Waals surface area contributed by atoms with Crippen LogP contribution >= 0.6 is 0 Å². The number of hydrogen-bond donors (Lipinski definition) is 9. The summed E-state index contributed by atoms with van der Waals surface area (Å²) < 4.78 is 4.92. The molecule has 1 heterocycles. The van der Waals surface area contributed by atoms with Crippen LogP contribution in [0.1, 0.15) is 91.2 Å². The predicted octanol–water partition coefficient (Wildman–Crippen LogP) is -0.336. The fourth-order valence-electron chi connectivity index (χ4n) is 7.69. The number of hydrogen-bond acceptors (Lipinski definition) is 12. The molecule has 1 aliphatic heterocycles. The number of amides is 8. The molecule has 1 aliphatic rings. The molecule has 374 valence electrons. The topological polar surface area (TPSA) is 305 Å². The molecule has 0 radical (unpaired) electrons. The number of carbonyl (C=O) groups is 9. The van der Waals surface area contributed by atoms with E-state index in [0.717, 1.165) is 5.56 Å². The SMILES string of the molecule is COC(=O)[C@@H]1CCCN1C(=O)[C@@H](Cc1ccccc1)NC(=O)[C@H](C)NC(=O)[C@H](CC(C)C)NC(=O)C[C@H](O)[C@H](Cc1ccccc1)NC(=O)[C@H](CCC(N)=O)NC(=O)[C@@H](NC(=O)[C@H](C)O)C(C)C. The summed E-state index contributed by atoms with van der Waals surface area (Å²) in [6, 6.07) is 9.70. The Kier molecular flexibility index (Phi) is 22.5. The van der Waals surface area contributed by atoms with Crippen LogP contribution in [0.15, 0.2) is 60.7 Å². The van der Waals surface area contributed by atoms with E-state index in [1.165, 1.54) is 25.9 Å². The number of nitrogens with zero attached hydrogens (tertiary/aromatic N) is 1. The van der Waals surface area contributed by atoms with E-state index in [-0.39, 0.29) is 38.0 Å². The van der Waals surface area contributed by atoms with Gasteiger partial charge in [-0.1, -0.05) is 88.4 Å². The lowest BCUT2D eigenvalue weighted by molar-refractivity contribution is -0.152. The zero-order valence-corrected chi connectivity index (χ0v) is 40.0. The van der Waals surface area contributed by atoms with Crippen molar-refractivity contribution in [3.05, 3.63) is 71.8 Å². The molecule has 3 rings (SSSR count). The highest BCUT2D eigenvalue weighted by molar-refractivity contribution is 5.96. The summed E-state index contributed by atoms with van der Waals surface area (Å²) in [5.41, 5.74) is 6.79. The third-order valence-corrected chi connectivity index (χ3v) is 11.4. The minimum Gasteiger partial charge on any atom is -0.467 e. The Morgan fingerprint density at radius 3 is 1.81 bits per heavy atom. The van der Waals surface area contributed by atoms with Crippen molar-refractivity contribution < 1.29 is 58.1 Å². The highest BCUT2D eigenvalue weighted by atomic mass is 16.5. The van der Waals surface area contributed by atoms with Crippen LogP contribution in [-0.4, -0.2) is 136 Å². The van der Waals surface area contributed by atoms with Gasteiger partial charge in [0.1, 0.15) is 42.4 Å². The number of nitrogens with one attached hydrogen (secondary N) is 6. The minimum atomic E-state index is -1.57. The zero-order chi connectivity index (χ0) is 50.7. The Morgan fingerprint density at radius 2 is 1.26 bits per heavy atom. The van der Waals surface area contributed by atoms with Gasteiger partial charge in [0, 0.05) is 19.4 Å². The van der Waals surface area contributed by atoms with E-state index in [1.54, 1.807) is 68.4 Å². The average Bonchev–Trinajstić information content (AvgIpc) is 3.78. The molecule has 0 saturated carbocycles. The number of rotatable bonds is 26. The number of carbonyl (C=O) groups excluding carboxylic acids is 9. The van der Waals surface area contributed by atoms with Crippen LogP contribution < -0.4 is 37.6 Å². The molecule has 0 unspecified atom stereocenters. The van der Waals surface area contributed by atoms with Gasteiger partial charge in [0.25, 0.3) is 0 Å². The van der Waals surface area contributed by atoms with Crippen LogP contribution in [0.2, 0.25) is 0 Å². The first-order valence-corrected chi connectivity index (χ1v) is 23.0. The van der Waals surface area contributed by atoms with Crippen molar-refractivity contribution in [1.29, 1.82) is 0 Å². The van der Waals surface area contributed by atoms with Gasteiger partial charge in [-0.2, -0.15) is 0 Å². The first-order chi connectivity index (χ1) is 32.1. The molecular formula is C48H70N8O12. The molecule has 0 spiro atoms. The molecule has 1 fully saturated rings. The van der Waals surface area contributed by atoms with Crippen molar-refractivity contribution in [3.63, 3.8) is 0 Å². The van der Waals surface area contributed by atoms with Crippen LogP contribution in [0.25, 0.3) is 0 Å². The number of aliphatic hydroxyl groups excluding tert-OH is 2. The summed E-state index contributed by atoms with van der Waals surface area (Å²) >= 11 is 0. The minimum absolute atomic E-state index is 0.00792. The van der Waals surface area contributed by atoms with Gasteiger partial charge in [0.05, 0.1) is 25.7 Å². The largest absolute Gasteiger partial charge is 0.467 e. The van der Waals surface area contributed by atoms with Gasteiger partial charge >= 0.3 is 5.97 Å². The summed E-state index contributed by atoms with van der Waals surface area (Å²) in [6.07, 6.45) is -2.96. The predicted molar refractivity (Wildman–Crippen MR) is 249 cm³/mol. The van der Waals surface area contributed by atoms with E-state index in [2.05, 4.69) is 31.9 Å². The molecule has 0 aliphatic carbocycles. The number of esters is 1. The summed E-state index contributed by atoms with van der Waals surface area (Å²) in [4.78, 5) is 120. The summed E-state index contributed by atoms with van der Waals surface area (Å²) in [5.74, 6) is -7.03. The molecule has 0 bridgehead atoms. The Morgan fingerprint density at radius 1 is 0.691 bits per heavy atom. The van der Waals surface area contributed by atoms with E-state index >= 15 is 0 Å². The second-order valence-corrected chi connectivity index (χ2v) is 18.0. The zero-order valence-electron chi connectivity index (χ0n) is 40.0. The lowest BCUT2D eigenvalue weighted by Gasteiger charge is -2.29. The van der Waals surface area contributed by atoms with Gasteiger partial charge in [-0.25, -0.2) is 4.79 Å². The van der Waals surface area contributed by atoms with Crippen molar-refractivity contribution in [2.45, 2.75) is 147 Å². The third-order valence-electron chi connectivity index (χ3n) is 11.4. The summed E-state index contributed by atoms with van der Waals surface area (Å²) in [7, 11) is 1.24. The van der Waals surface area contributed by atoms with Gasteiger partial charge in [-0.05, 0) is 68.9 Å². The van der Waals surface area contributed by atoms with E-state index in [4.69, 9.17) is 10.5 Å². The average molecular weight is 951 g/mol. The highest BCUT2D eigenvalue weighted by Gasteiger charge is 2.39. The number of benzene rings is 2. The van der Waals surface area contributed by atoms with Crippen LogP contribution in [0, 0.1) is 11.8 Å². The standard InChI is InChI=1S/C48H70N8O12/c1-27(2)23-35(45(64)50-29(5)42(61)54-36(25-32-17-12-9-13-18-32)47(66)56-22-14-19-37(56)48(67)68-7)51-40(60)26-38(58)34(24-31-15-10-8-11-16-31)53-44(63)33(20-21-39(49)59)52-46(65)41(28(3)4)55-43(62)30(6)57/h8-13,15-18,27-30,33-38,41,57-58H,14,19-26H2,1-7H3,(H2,49,59)(H,50,64)(H,51,60)(H,52,65)(H,53,63)(H,54,61)(H,55,62)/t29-,30-,33-,34-,35-,36+,37-,38-,41-/m0/s1. The first-order valence-electron chi connectivity index (χ1n) is 23.0. The number of nitrogens with two attached hydrogens (primary N) is 1. The van der Waals surface area contributed by atoms with Gasteiger partial charge in [0.15, 0.2) is 0 Å². The molecule has 68 heavy (non-hydrogen) atoms. The third kappa shape index (κ3) is 18.0. The number of methoxy groups -OCH3 is 1. The molecule has 10 N–H and O–H groups in total. The van der Waals surface area contributed by atoms with Gasteiger partial charge in [-0.3, -0.25) is 38.4 Å². The Labute approximate surface area is 397 Å². The van der Waals surface area contributed by atoms with Crippen molar-refractivity contribution in [2.75, 3.05) is 13.7 Å². The second-order valence-electron chi connectivity index (χ2n) is 18.0. The monoisotopic (exact) mass is 951 g/mol. The van der Waals surface area contributed by atoms with E-state index in [0.29, 0.717) is 24.9 Å². The molecule has 20 heteroatoms. The van der Waals surface area contributed by atoms with Gasteiger partial charge in [-0.15, -0.1) is 0 Å². The maximum atomic E-state index is 13.9. The van der Waals surface area contributed by atoms with Crippen molar-refractivity contribution in [2.24, 2.45) is 17.6 Å². The maximum Gasteiger partial charge on any atom is 0.328 e. The molecule has 9 atom stereocenters. The molecule has 8 amide bonds. The summed E-state index contributed by atoms with van der Waals surface area (Å²) in [5, 5.41) is 37.0.